The number of rotatable bonds is 1. The summed E-state index contributed by atoms with van der Waals surface area (Å²) in [6, 6.07) is 3.28. The zero-order valence-corrected chi connectivity index (χ0v) is 11.1. The number of allylic oxidation sites excluding steroid dienone is 2. The van der Waals surface area contributed by atoms with Crippen molar-refractivity contribution in [3.8, 4) is 17.4 Å². The van der Waals surface area contributed by atoms with E-state index in [0.717, 1.165) is 25.0 Å². The number of hydrogen-bond donors (Lipinski definition) is 2. The van der Waals surface area contributed by atoms with E-state index < -0.39 is 11.6 Å². The zero-order chi connectivity index (χ0) is 14.7. The Bertz CT molecular complexity index is 742. The fourth-order valence-corrected chi connectivity index (χ4v) is 3.48. The molecule has 2 N–H and O–H groups in total. The normalized spacial score (nSPS) is 22.6. The van der Waals surface area contributed by atoms with Gasteiger partial charge in [0.25, 0.3) is 0 Å². The van der Waals surface area contributed by atoms with Crippen LogP contribution in [0.4, 0.5) is 8.78 Å². The highest BCUT2D eigenvalue weighted by molar-refractivity contribution is 5.60. The van der Waals surface area contributed by atoms with Crippen LogP contribution in [0.3, 0.4) is 0 Å². The fourth-order valence-electron chi connectivity index (χ4n) is 3.48. The van der Waals surface area contributed by atoms with Crippen molar-refractivity contribution in [2.24, 2.45) is 0 Å². The molecule has 1 aromatic heterocycles. The SMILES string of the molecule is Oc1c2c(c(O)n1-c1ccc(F)c(F)c1)[C@H]1C=C[C@@H]2CC1. The van der Waals surface area contributed by atoms with Crippen molar-refractivity contribution < 1.29 is 19.0 Å². The summed E-state index contributed by atoms with van der Waals surface area (Å²) in [5.74, 6) is -2.01. The fraction of sp³-hybridized carbons (Fsp3) is 0.250. The first-order valence-electron chi connectivity index (χ1n) is 6.88. The number of aromatic hydroxyl groups is 2. The van der Waals surface area contributed by atoms with Gasteiger partial charge >= 0.3 is 0 Å². The second-order valence-electron chi connectivity index (χ2n) is 5.58. The number of nitrogens with zero attached hydrogens (tertiary/aromatic N) is 1. The third-order valence-corrected chi connectivity index (χ3v) is 4.46. The van der Waals surface area contributed by atoms with E-state index in [4.69, 9.17) is 0 Å². The molecule has 0 amide bonds. The number of aromatic nitrogens is 1. The smallest absolute Gasteiger partial charge is 0.202 e. The zero-order valence-electron chi connectivity index (χ0n) is 11.1. The molecule has 2 atom stereocenters. The van der Waals surface area contributed by atoms with Gasteiger partial charge in [0.2, 0.25) is 11.8 Å². The predicted molar refractivity (Wildman–Crippen MR) is 72.9 cm³/mol. The Labute approximate surface area is 119 Å². The molecule has 3 aliphatic carbocycles. The largest absolute Gasteiger partial charge is 0.494 e. The summed E-state index contributed by atoms with van der Waals surface area (Å²) in [6.07, 6.45) is 5.91. The molecule has 1 heterocycles. The monoisotopic (exact) mass is 289 g/mol. The van der Waals surface area contributed by atoms with E-state index in [2.05, 4.69) is 0 Å². The molecular weight excluding hydrogens is 276 g/mol. The van der Waals surface area contributed by atoms with Gasteiger partial charge in [-0.25, -0.2) is 8.78 Å². The predicted octanol–water partition coefficient (Wildman–Crippen LogP) is 3.70. The minimum Gasteiger partial charge on any atom is -0.494 e. The van der Waals surface area contributed by atoms with Crippen molar-refractivity contribution in [3.05, 3.63) is 53.1 Å². The summed E-state index contributed by atoms with van der Waals surface area (Å²) >= 11 is 0. The number of halogens is 2. The Morgan fingerprint density at radius 3 is 1.95 bits per heavy atom. The molecular formula is C16H13F2NO2. The van der Waals surface area contributed by atoms with Crippen molar-refractivity contribution in [1.82, 2.24) is 4.57 Å². The molecule has 0 aliphatic heterocycles. The Kier molecular flexibility index (Phi) is 2.43. The van der Waals surface area contributed by atoms with Crippen LogP contribution in [0.15, 0.2) is 30.4 Å². The Balaban J connectivity index is 1.96. The number of benzene rings is 1. The molecule has 0 fully saturated rings. The summed E-state index contributed by atoms with van der Waals surface area (Å²) in [7, 11) is 0. The molecule has 3 nitrogen and oxygen atoms in total. The number of hydrogen-bond acceptors (Lipinski definition) is 2. The third kappa shape index (κ3) is 1.57. The van der Waals surface area contributed by atoms with Gasteiger partial charge in [-0.05, 0) is 25.0 Å². The lowest BCUT2D eigenvalue weighted by Crippen LogP contribution is -2.15. The first-order chi connectivity index (χ1) is 10.1. The van der Waals surface area contributed by atoms with E-state index in [1.807, 2.05) is 12.2 Å². The standard InChI is InChI=1S/C16H13F2NO2/c17-11-6-5-10(7-12(11)18)19-15(20)13-8-1-2-9(4-3-8)14(13)16(19)21/h1-2,5-9,20-21H,3-4H2/t8-,9+. The molecule has 3 aliphatic rings. The summed E-state index contributed by atoms with van der Waals surface area (Å²) in [5.41, 5.74) is 1.62. The minimum absolute atomic E-state index is 0.0717. The van der Waals surface area contributed by atoms with Crippen LogP contribution >= 0.6 is 0 Å². The molecule has 5 heteroatoms. The van der Waals surface area contributed by atoms with Crippen molar-refractivity contribution in [1.29, 1.82) is 0 Å². The van der Waals surface area contributed by atoms with E-state index in [0.29, 0.717) is 11.1 Å². The van der Waals surface area contributed by atoms with E-state index in [-0.39, 0.29) is 29.3 Å². The molecule has 108 valence electrons. The van der Waals surface area contributed by atoms with Gasteiger partial charge in [-0.15, -0.1) is 0 Å². The lowest BCUT2D eigenvalue weighted by molar-refractivity contribution is 0.398. The maximum atomic E-state index is 13.4. The highest BCUT2D eigenvalue weighted by Crippen LogP contribution is 2.54. The van der Waals surface area contributed by atoms with E-state index in [9.17, 15) is 19.0 Å². The van der Waals surface area contributed by atoms with Crippen LogP contribution in [0.5, 0.6) is 11.8 Å². The van der Waals surface area contributed by atoms with Crippen LogP contribution in [-0.4, -0.2) is 14.8 Å². The Morgan fingerprint density at radius 2 is 1.48 bits per heavy atom. The molecule has 0 saturated heterocycles. The van der Waals surface area contributed by atoms with E-state index in [1.165, 1.54) is 10.6 Å². The average molecular weight is 289 g/mol. The molecule has 2 aromatic rings. The maximum absolute atomic E-state index is 13.4. The molecule has 5 rings (SSSR count). The van der Waals surface area contributed by atoms with Gasteiger partial charge in [0, 0.05) is 29.0 Å². The molecule has 0 unspecified atom stereocenters. The second-order valence-corrected chi connectivity index (χ2v) is 5.58. The average Bonchev–Trinajstić information content (AvgIpc) is 2.78. The summed E-state index contributed by atoms with van der Waals surface area (Å²) in [5, 5.41) is 20.9. The lowest BCUT2D eigenvalue weighted by Gasteiger charge is -2.30. The second kappa shape index (κ2) is 4.10. The van der Waals surface area contributed by atoms with Crippen LogP contribution in [0.1, 0.15) is 35.8 Å². The molecule has 0 spiro atoms. The molecule has 1 aromatic carbocycles. The topological polar surface area (TPSA) is 45.4 Å². The van der Waals surface area contributed by atoms with Crippen molar-refractivity contribution in [2.45, 2.75) is 24.7 Å². The van der Waals surface area contributed by atoms with Crippen LogP contribution in [0.2, 0.25) is 0 Å². The quantitative estimate of drug-likeness (QED) is 0.786. The first-order valence-corrected chi connectivity index (χ1v) is 6.88. The number of fused-ring (bicyclic) bond motifs is 1. The van der Waals surface area contributed by atoms with Gasteiger partial charge in [0.1, 0.15) is 0 Å². The maximum Gasteiger partial charge on any atom is 0.202 e. The molecule has 0 saturated carbocycles. The molecule has 0 radical (unpaired) electrons. The minimum atomic E-state index is -1.01. The van der Waals surface area contributed by atoms with Crippen molar-refractivity contribution >= 4 is 0 Å². The summed E-state index contributed by atoms with van der Waals surface area (Å²) in [4.78, 5) is 0. The molecule has 21 heavy (non-hydrogen) atoms. The van der Waals surface area contributed by atoms with Crippen molar-refractivity contribution in [3.63, 3.8) is 0 Å². The Hall–Kier alpha value is -2.30. The highest BCUT2D eigenvalue weighted by Gasteiger charge is 2.37. The molecule has 2 bridgehead atoms. The van der Waals surface area contributed by atoms with Gasteiger partial charge in [0.05, 0.1) is 5.69 Å². The first kappa shape index (κ1) is 12.4. The lowest BCUT2D eigenvalue weighted by atomic mass is 9.73. The van der Waals surface area contributed by atoms with Gasteiger partial charge < -0.3 is 10.2 Å². The van der Waals surface area contributed by atoms with Gasteiger partial charge in [-0.1, -0.05) is 12.2 Å². The van der Waals surface area contributed by atoms with Gasteiger partial charge in [-0.3, -0.25) is 4.57 Å². The van der Waals surface area contributed by atoms with Crippen LogP contribution in [-0.2, 0) is 0 Å². The Morgan fingerprint density at radius 1 is 0.905 bits per heavy atom. The van der Waals surface area contributed by atoms with Gasteiger partial charge in [-0.2, -0.15) is 0 Å². The summed E-state index contributed by atoms with van der Waals surface area (Å²) < 4.78 is 27.7. The van der Waals surface area contributed by atoms with Crippen LogP contribution in [0, 0.1) is 11.6 Å². The van der Waals surface area contributed by atoms with Crippen LogP contribution in [0.25, 0.3) is 5.69 Å². The third-order valence-electron chi connectivity index (χ3n) is 4.46. The van der Waals surface area contributed by atoms with E-state index in [1.54, 1.807) is 0 Å². The summed E-state index contributed by atoms with van der Waals surface area (Å²) in [6.45, 7) is 0. The van der Waals surface area contributed by atoms with Crippen LogP contribution < -0.4 is 0 Å². The highest BCUT2D eigenvalue weighted by atomic mass is 19.2. The van der Waals surface area contributed by atoms with Gasteiger partial charge in [0.15, 0.2) is 11.6 Å². The van der Waals surface area contributed by atoms with Crippen molar-refractivity contribution in [2.75, 3.05) is 0 Å². The van der Waals surface area contributed by atoms with E-state index >= 15 is 0 Å².